The van der Waals surface area contributed by atoms with E-state index in [-0.39, 0.29) is 6.10 Å². The van der Waals surface area contributed by atoms with Gasteiger partial charge in [0, 0.05) is 0 Å². The van der Waals surface area contributed by atoms with E-state index in [0.717, 1.165) is 5.70 Å². The fourth-order valence-corrected chi connectivity index (χ4v) is 0.283. The molecule has 0 bridgehead atoms. The van der Waals surface area contributed by atoms with Crippen LogP contribution in [0.25, 0.3) is 0 Å². The molecule has 2 N–H and O–H groups in total. The monoisotopic (exact) mass is 85.1 g/mol. The molecule has 0 spiro atoms. The van der Waals surface area contributed by atoms with E-state index in [1.807, 2.05) is 6.92 Å². The predicted molar refractivity (Wildman–Crippen MR) is 22.8 cm³/mol. The van der Waals surface area contributed by atoms with Gasteiger partial charge < -0.3 is 10.5 Å². The number of rotatable bonds is 0. The van der Waals surface area contributed by atoms with Gasteiger partial charge in [0.1, 0.15) is 12.4 Å². The van der Waals surface area contributed by atoms with Crippen LogP contribution < -0.4 is 5.73 Å². The molecule has 1 rings (SSSR count). The van der Waals surface area contributed by atoms with Crippen LogP contribution in [0.4, 0.5) is 0 Å². The lowest BCUT2D eigenvalue weighted by Crippen LogP contribution is -2.24. The molecule has 1 aliphatic heterocycles. The van der Waals surface area contributed by atoms with Gasteiger partial charge in [0.15, 0.2) is 0 Å². The van der Waals surface area contributed by atoms with Crippen LogP contribution in [0.15, 0.2) is 12.0 Å². The second kappa shape index (κ2) is 0.899. The van der Waals surface area contributed by atoms with Crippen LogP contribution in [0.2, 0.25) is 0 Å². The van der Waals surface area contributed by atoms with Gasteiger partial charge in [0.05, 0.1) is 5.70 Å². The van der Waals surface area contributed by atoms with Crippen molar-refractivity contribution in [2.24, 2.45) is 5.73 Å². The van der Waals surface area contributed by atoms with Crippen LogP contribution in [0.5, 0.6) is 0 Å². The Kier molecular flexibility index (Phi) is 0.528. The number of ether oxygens (including phenoxy) is 1. The summed E-state index contributed by atoms with van der Waals surface area (Å²) in [7, 11) is 0. The average Bonchev–Trinajstić information content (AvgIpc) is 1.61. The molecule has 1 heterocycles. The molecule has 0 aliphatic carbocycles. The van der Waals surface area contributed by atoms with Crippen molar-refractivity contribution in [1.82, 2.24) is 0 Å². The minimum Gasteiger partial charge on any atom is -0.490 e. The lowest BCUT2D eigenvalue weighted by atomic mass is 10.3. The molecule has 2 heteroatoms. The molecular formula is C4H7NO. The van der Waals surface area contributed by atoms with Gasteiger partial charge in [0.25, 0.3) is 0 Å². The Bertz CT molecular complexity index is 87.5. The summed E-state index contributed by atoms with van der Waals surface area (Å²) in [5.74, 6) is 0. The molecule has 2 nitrogen and oxygen atoms in total. The van der Waals surface area contributed by atoms with Gasteiger partial charge in [0.2, 0.25) is 0 Å². The minimum atomic E-state index is 0.171. The summed E-state index contributed by atoms with van der Waals surface area (Å²) >= 11 is 0. The third-order valence-electron chi connectivity index (χ3n) is 0.878. The normalized spacial score (nSPS) is 30.2. The predicted octanol–water partition coefficient (Wildman–Crippen LogP) is 0.205. The van der Waals surface area contributed by atoms with Crippen LogP contribution in [0.1, 0.15) is 6.92 Å². The van der Waals surface area contributed by atoms with E-state index < -0.39 is 0 Å². The van der Waals surface area contributed by atoms with E-state index in [0.29, 0.717) is 0 Å². The van der Waals surface area contributed by atoms with Gasteiger partial charge in [-0.2, -0.15) is 0 Å². The van der Waals surface area contributed by atoms with Gasteiger partial charge in [-0.05, 0) is 6.92 Å². The highest BCUT2D eigenvalue weighted by molar-refractivity contribution is 5.06. The topological polar surface area (TPSA) is 35.2 Å². The first kappa shape index (κ1) is 3.53. The summed E-state index contributed by atoms with van der Waals surface area (Å²) in [6.07, 6.45) is 1.73. The highest BCUT2D eigenvalue weighted by Crippen LogP contribution is 2.09. The zero-order valence-corrected chi connectivity index (χ0v) is 3.64. The fraction of sp³-hybridized carbons (Fsp3) is 0.500. The van der Waals surface area contributed by atoms with Crippen molar-refractivity contribution in [3.8, 4) is 0 Å². The highest BCUT2D eigenvalue weighted by Gasteiger charge is 2.11. The van der Waals surface area contributed by atoms with Gasteiger partial charge >= 0.3 is 0 Å². The number of nitrogens with two attached hydrogens (primary N) is 1. The maximum absolute atomic E-state index is 5.26. The zero-order valence-electron chi connectivity index (χ0n) is 3.64. The van der Waals surface area contributed by atoms with Crippen LogP contribution in [-0.2, 0) is 4.74 Å². The van der Waals surface area contributed by atoms with Gasteiger partial charge in [-0.3, -0.25) is 0 Å². The second-order valence-electron chi connectivity index (χ2n) is 1.40. The van der Waals surface area contributed by atoms with Crippen LogP contribution in [0, 0.1) is 0 Å². The Morgan fingerprint density at radius 2 is 2.50 bits per heavy atom. The Hall–Kier alpha value is -0.660. The van der Waals surface area contributed by atoms with E-state index in [2.05, 4.69) is 0 Å². The molecule has 1 atom stereocenters. The molecule has 34 valence electrons. The first-order valence-electron chi connectivity index (χ1n) is 1.91. The minimum absolute atomic E-state index is 0.171. The molecule has 0 amide bonds. The summed E-state index contributed by atoms with van der Waals surface area (Å²) in [6, 6.07) is 0. The average molecular weight is 85.1 g/mol. The van der Waals surface area contributed by atoms with Crippen molar-refractivity contribution in [2.45, 2.75) is 13.0 Å². The quantitative estimate of drug-likeness (QED) is 0.456. The van der Waals surface area contributed by atoms with Crippen molar-refractivity contribution in [3.05, 3.63) is 12.0 Å². The number of hydrogen-bond donors (Lipinski definition) is 1. The standard InChI is InChI=1S/C4H7NO/c1-3-4(5)2-6-3/h2-3H,5H2,1H3. The maximum atomic E-state index is 5.26. The summed E-state index contributed by atoms with van der Waals surface area (Å²) in [5.41, 5.74) is 6.10. The van der Waals surface area contributed by atoms with E-state index >= 15 is 0 Å². The zero-order chi connectivity index (χ0) is 4.57. The molecule has 0 radical (unpaired) electrons. The molecule has 0 saturated carbocycles. The summed E-state index contributed by atoms with van der Waals surface area (Å²) in [5, 5.41) is 0. The van der Waals surface area contributed by atoms with E-state index in [9.17, 15) is 0 Å². The van der Waals surface area contributed by atoms with Crippen molar-refractivity contribution >= 4 is 0 Å². The van der Waals surface area contributed by atoms with E-state index in [1.165, 1.54) is 0 Å². The Labute approximate surface area is 36.6 Å². The number of hydrogen-bond acceptors (Lipinski definition) is 2. The van der Waals surface area contributed by atoms with Crippen molar-refractivity contribution in [1.29, 1.82) is 0 Å². The molecule has 0 aromatic heterocycles. The molecular weight excluding hydrogens is 78.0 g/mol. The molecule has 0 saturated heterocycles. The van der Waals surface area contributed by atoms with Crippen LogP contribution in [0.3, 0.4) is 0 Å². The highest BCUT2D eigenvalue weighted by atomic mass is 16.5. The lowest BCUT2D eigenvalue weighted by Gasteiger charge is -2.19. The Morgan fingerprint density at radius 1 is 2.00 bits per heavy atom. The second-order valence-corrected chi connectivity index (χ2v) is 1.40. The van der Waals surface area contributed by atoms with Crippen molar-refractivity contribution in [2.75, 3.05) is 0 Å². The lowest BCUT2D eigenvalue weighted by molar-refractivity contribution is 0.135. The molecule has 6 heavy (non-hydrogen) atoms. The molecule has 0 aromatic carbocycles. The molecule has 0 fully saturated rings. The first-order valence-corrected chi connectivity index (χ1v) is 1.91. The summed E-state index contributed by atoms with van der Waals surface area (Å²) in [4.78, 5) is 0. The van der Waals surface area contributed by atoms with Gasteiger partial charge in [-0.25, -0.2) is 0 Å². The molecule has 1 aliphatic rings. The molecule has 0 aromatic rings. The van der Waals surface area contributed by atoms with Crippen LogP contribution in [-0.4, -0.2) is 6.10 Å². The third kappa shape index (κ3) is 0.263. The SMILES string of the molecule is CC1OC=C1N. The van der Waals surface area contributed by atoms with E-state index in [4.69, 9.17) is 10.5 Å². The third-order valence-corrected chi connectivity index (χ3v) is 0.878. The van der Waals surface area contributed by atoms with Crippen LogP contribution >= 0.6 is 0 Å². The van der Waals surface area contributed by atoms with E-state index in [1.54, 1.807) is 6.26 Å². The maximum Gasteiger partial charge on any atom is 0.137 e. The first-order chi connectivity index (χ1) is 2.80. The fourth-order valence-electron chi connectivity index (χ4n) is 0.283. The summed E-state index contributed by atoms with van der Waals surface area (Å²) in [6.45, 7) is 1.91. The molecule has 1 unspecified atom stereocenters. The Balaban J connectivity index is 2.51. The van der Waals surface area contributed by atoms with Crippen molar-refractivity contribution < 1.29 is 4.74 Å². The Morgan fingerprint density at radius 3 is 2.50 bits per heavy atom. The van der Waals surface area contributed by atoms with Gasteiger partial charge in [-0.1, -0.05) is 0 Å². The smallest absolute Gasteiger partial charge is 0.137 e. The van der Waals surface area contributed by atoms with Crippen molar-refractivity contribution in [3.63, 3.8) is 0 Å². The van der Waals surface area contributed by atoms with Gasteiger partial charge in [-0.15, -0.1) is 0 Å². The summed E-state index contributed by atoms with van der Waals surface area (Å²) < 4.78 is 4.76. The largest absolute Gasteiger partial charge is 0.490 e.